The summed E-state index contributed by atoms with van der Waals surface area (Å²) in [5, 5.41) is 24.5. The summed E-state index contributed by atoms with van der Waals surface area (Å²) in [7, 11) is -2.92. The number of hydrogen-bond donors (Lipinski definition) is 3. The predicted octanol–water partition coefficient (Wildman–Crippen LogP) is 16.3. The molecule has 0 radical (unpaired) electrons. The third kappa shape index (κ3) is 19.7. The lowest BCUT2D eigenvalue weighted by atomic mass is 9.85. The van der Waals surface area contributed by atoms with E-state index >= 15 is 0 Å². The van der Waals surface area contributed by atoms with Crippen molar-refractivity contribution in [3.63, 3.8) is 0 Å². The van der Waals surface area contributed by atoms with E-state index < -0.39 is 57.5 Å². The summed E-state index contributed by atoms with van der Waals surface area (Å²) in [5.41, 5.74) is 20.4. The summed E-state index contributed by atoms with van der Waals surface area (Å²) < 4.78 is 36.0. The number of nitrogens with zero attached hydrogens (tertiary/aromatic N) is 9. The maximum Gasteiger partial charge on any atom is 0.472 e. The van der Waals surface area contributed by atoms with Crippen molar-refractivity contribution in [2.45, 2.75) is 183 Å². The molecule has 11 rings (SSSR count). The number of quaternary nitrogens is 1. The van der Waals surface area contributed by atoms with Gasteiger partial charge in [0, 0.05) is 103 Å². The number of phosphoric ester groups is 1. The molecule has 0 aromatic heterocycles. The maximum atomic E-state index is 14.6. The van der Waals surface area contributed by atoms with E-state index in [1.165, 1.54) is 57.1 Å². The maximum absolute atomic E-state index is 14.6. The number of azo groups is 1. The zero-order valence-electron chi connectivity index (χ0n) is 64.5. The van der Waals surface area contributed by atoms with Gasteiger partial charge in [-0.2, -0.15) is 10.2 Å². The predicted molar refractivity (Wildman–Crippen MR) is 429 cm³/mol. The number of fused-ring (bicyclic) bond motifs is 6. The number of hydrogen-bond acceptors (Lipinski definition) is 18. The van der Waals surface area contributed by atoms with Gasteiger partial charge in [-0.25, -0.2) is 19.5 Å². The molecule has 0 spiro atoms. The number of allylic oxidation sites excluding steroid dienone is 12. The molecular weight excluding hydrogens is 1380 g/mol. The van der Waals surface area contributed by atoms with E-state index in [2.05, 4.69) is 131 Å². The van der Waals surface area contributed by atoms with E-state index in [4.69, 9.17) is 33.5 Å². The number of esters is 2. The minimum atomic E-state index is -4.85. The number of phosphoric acid groups is 1. The lowest BCUT2D eigenvalue weighted by molar-refractivity contribution is -0.478. The molecule has 0 saturated heterocycles. The number of unbranched alkanes of at least 4 members (excludes halogenated alkanes) is 12. The molecular formula is C86H107N11O10P+. The Morgan fingerprint density at radius 3 is 2.09 bits per heavy atom. The van der Waals surface area contributed by atoms with Gasteiger partial charge in [-0.3, -0.25) is 38.6 Å². The van der Waals surface area contributed by atoms with E-state index in [1.54, 1.807) is 6.08 Å². The fraction of sp³-hybridized carbons (Fsp3) is 0.442. The first kappa shape index (κ1) is 79.7. The van der Waals surface area contributed by atoms with Crippen LogP contribution in [0.3, 0.4) is 0 Å². The Morgan fingerprint density at radius 2 is 1.40 bits per heavy atom. The van der Waals surface area contributed by atoms with Crippen LogP contribution in [0.25, 0.3) is 0 Å². The third-order valence-corrected chi connectivity index (χ3v) is 22.3. The first-order chi connectivity index (χ1) is 52.3. The van der Waals surface area contributed by atoms with E-state index in [-0.39, 0.29) is 43.9 Å². The molecule has 570 valence electrons. The highest BCUT2D eigenvalue weighted by Crippen LogP contribution is 2.48. The molecule has 4 aromatic rings. The van der Waals surface area contributed by atoms with Crippen LogP contribution in [-0.4, -0.2) is 111 Å². The molecule has 8 bridgehead atoms. The standard InChI is InChI=1S/C86H106N11O10P/c1-11-16-17-18-19-20-21-22-23-24-25-26-30-35-82(100)104-54-65(107-83(101)50-68-58(8)74-51-72-56(6)66(12-2)76(89-72)52-73-57(7)67(13-3)77(90-73)53-75-59(9)84-80(98)49-69(85(68)91-74)86(84)92-75)55-106-108(102,103)105-46-44-87-81(99)34-31-45-95(10)62-39-36-60(37-40-62)93-94-61-38-42-70-78(47-61)97(63-32-28-27-29-33-63)79-48-64(96(14-4)15-5)41-43-71(79)88-70/h12,27-29,32-33,36-43,47-48,51-53,58,65,68,88H,2,11,13-26,30-31,34-35,44-46,49-50,54-55H2,1,3-10H3,(H,87,99)(H,102,103)/p+1/t58-,65-,68-/m1/s1. The van der Waals surface area contributed by atoms with Crippen LogP contribution in [0.1, 0.15) is 177 Å². The Balaban J connectivity index is 0.696. The Kier molecular flexibility index (Phi) is 27.8. The van der Waals surface area contributed by atoms with Crippen LogP contribution in [0.2, 0.25) is 0 Å². The number of nitrogens with one attached hydrogen (secondary N) is 1. The van der Waals surface area contributed by atoms with E-state index in [0.29, 0.717) is 70.4 Å². The second-order valence-electron chi connectivity index (χ2n) is 28.8. The van der Waals surface area contributed by atoms with Crippen LogP contribution >= 0.6 is 7.82 Å². The molecule has 7 aliphatic rings. The number of rotatable bonds is 39. The zero-order valence-corrected chi connectivity index (χ0v) is 65.4. The summed E-state index contributed by atoms with van der Waals surface area (Å²) >= 11 is 0. The number of benzene rings is 4. The van der Waals surface area contributed by atoms with Crippen LogP contribution in [0, 0.1) is 11.8 Å². The van der Waals surface area contributed by atoms with Crippen molar-refractivity contribution < 1.29 is 57.8 Å². The molecule has 6 heterocycles. The first-order valence-electron chi connectivity index (χ1n) is 39.0. The SMILES string of the molecule is C=CC1=C(C)C2=CC3=NC(=C4CC(=O)C5=C(C)C(=CC6=NC(=CC1=N2)C(C)=C6CC)[NH+]=C45)[C@H](CC(=O)O[C@H](COC(=O)CCCCCCCCCCCCCCC)COP(=O)(O)OCCN=C([O-])CCCN(C)c1ccc(N=Nc2ccc4c(c2)N(c2ccccc2)c2cc(N(CC)CC)ccc2[NH2+]4)cc1)[C@H]3C. The molecule has 4 atom stereocenters. The molecule has 22 heteroatoms. The molecule has 108 heavy (non-hydrogen) atoms. The minimum Gasteiger partial charge on any atom is -0.862 e. The minimum absolute atomic E-state index is 0.0596. The number of ketones is 1. The number of Topliss-reactive ketones (excluding diaryl/α,β-unsaturated/α-hetero) is 1. The third-order valence-electron chi connectivity index (χ3n) is 21.4. The van der Waals surface area contributed by atoms with E-state index in [0.717, 1.165) is 124 Å². The van der Waals surface area contributed by atoms with Gasteiger partial charge in [0.25, 0.3) is 0 Å². The average molecular weight is 1490 g/mol. The monoisotopic (exact) mass is 1480 g/mol. The van der Waals surface area contributed by atoms with Crippen molar-refractivity contribution in [2.75, 3.05) is 67.7 Å². The Hall–Kier alpha value is -9.37. The Bertz CT molecular complexity index is 4510. The van der Waals surface area contributed by atoms with Crippen molar-refractivity contribution in [1.82, 2.24) is 0 Å². The first-order valence-corrected chi connectivity index (χ1v) is 40.5. The van der Waals surface area contributed by atoms with Gasteiger partial charge in [0.15, 0.2) is 23.3 Å². The van der Waals surface area contributed by atoms with Crippen LogP contribution in [-0.2, 0) is 37.5 Å². The van der Waals surface area contributed by atoms with Crippen LogP contribution in [0.5, 0.6) is 0 Å². The second kappa shape index (κ2) is 37.6. The highest BCUT2D eigenvalue weighted by molar-refractivity contribution is 7.47. The fourth-order valence-corrected chi connectivity index (χ4v) is 15.9. The van der Waals surface area contributed by atoms with E-state index in [9.17, 15) is 28.9 Å². The summed E-state index contributed by atoms with van der Waals surface area (Å²) in [4.78, 5) is 82.8. The van der Waals surface area contributed by atoms with Gasteiger partial charge in [0.05, 0.1) is 77.2 Å². The molecule has 21 nitrogen and oxygen atoms in total. The van der Waals surface area contributed by atoms with Gasteiger partial charge in [-0.05, 0) is 156 Å². The van der Waals surface area contributed by atoms with Crippen molar-refractivity contribution >= 4 is 105 Å². The average Bonchev–Trinajstić information content (AvgIpc) is 1.54. The normalized spacial score (nSPS) is 18.2. The molecule has 6 aliphatic heterocycles. The van der Waals surface area contributed by atoms with Crippen molar-refractivity contribution in [3.05, 3.63) is 184 Å². The van der Waals surface area contributed by atoms with Gasteiger partial charge < -0.3 is 34.3 Å². The van der Waals surface area contributed by atoms with Gasteiger partial charge >= 0.3 is 19.8 Å². The Morgan fingerprint density at radius 1 is 0.750 bits per heavy atom. The van der Waals surface area contributed by atoms with Gasteiger partial charge in [-0.1, -0.05) is 129 Å². The zero-order chi connectivity index (χ0) is 76.4. The van der Waals surface area contributed by atoms with Crippen molar-refractivity contribution in [2.24, 2.45) is 42.0 Å². The lowest BCUT2D eigenvalue weighted by Crippen LogP contribution is -2.73. The van der Waals surface area contributed by atoms with Crippen LogP contribution in [0.4, 0.5) is 51.2 Å². The summed E-state index contributed by atoms with van der Waals surface area (Å²) in [5.74, 6) is -2.69. The Labute approximate surface area is 637 Å². The van der Waals surface area contributed by atoms with Crippen LogP contribution in [0.15, 0.2) is 214 Å². The number of carbonyl (C=O) groups is 3. The molecule has 1 saturated carbocycles. The van der Waals surface area contributed by atoms with Gasteiger partial charge in [0.1, 0.15) is 18.0 Å². The van der Waals surface area contributed by atoms with Crippen LogP contribution < -0.4 is 30.1 Å². The lowest BCUT2D eigenvalue weighted by Gasteiger charge is -2.32. The quantitative estimate of drug-likeness (QED) is 0.00629. The van der Waals surface area contributed by atoms with Crippen molar-refractivity contribution in [1.29, 1.82) is 0 Å². The molecule has 1 unspecified atom stereocenters. The highest BCUT2D eigenvalue weighted by Gasteiger charge is 2.47. The summed E-state index contributed by atoms with van der Waals surface area (Å²) in [6, 6.07) is 30.9. The van der Waals surface area contributed by atoms with Gasteiger partial charge in [0.2, 0.25) is 11.4 Å². The molecule has 1 aliphatic carbocycles. The molecule has 4 N–H and O–H groups in total. The molecule has 0 amide bonds. The van der Waals surface area contributed by atoms with E-state index in [1.807, 2.05) is 87.3 Å². The molecule has 4 aromatic carbocycles. The number of aliphatic imine (C=N–C) groups is 4. The van der Waals surface area contributed by atoms with Crippen molar-refractivity contribution in [3.8, 4) is 0 Å². The second-order valence-corrected chi connectivity index (χ2v) is 30.2. The topological polar surface area (TPSA) is 263 Å². The summed E-state index contributed by atoms with van der Waals surface area (Å²) in [6.45, 7) is 21.3. The number of nitrogens with two attached hydrogens (primary N) is 1. The fourth-order valence-electron chi connectivity index (χ4n) is 15.1. The number of ether oxygens (including phenoxy) is 2. The number of para-hydroxylation sites is 1. The largest absolute Gasteiger partial charge is 0.862 e. The highest BCUT2D eigenvalue weighted by atomic mass is 31.2. The smallest absolute Gasteiger partial charge is 0.472 e. The van der Waals surface area contributed by atoms with Gasteiger partial charge in [-0.15, -0.1) is 0 Å². The summed E-state index contributed by atoms with van der Waals surface area (Å²) in [6.07, 6.45) is 22.7. The number of anilines is 5. The number of carbonyl (C=O) groups excluding carboxylic acids is 3. The molecule has 1 fully saturated rings.